The molecule has 29 heavy (non-hydrogen) atoms. The zero-order valence-electron chi connectivity index (χ0n) is 17.0. The number of nitrogens with zero attached hydrogens (tertiary/aromatic N) is 2. The largest absolute Gasteiger partial charge is 0.491 e. The first-order chi connectivity index (χ1) is 14.2. The lowest BCUT2D eigenvalue weighted by molar-refractivity contribution is 0.122. The Balaban J connectivity index is 1.67. The molecule has 0 saturated carbocycles. The van der Waals surface area contributed by atoms with Crippen molar-refractivity contribution in [1.29, 1.82) is 0 Å². The molecule has 0 unspecified atom stereocenters. The van der Waals surface area contributed by atoms with Crippen LogP contribution in [0.25, 0.3) is 10.9 Å². The van der Waals surface area contributed by atoms with Gasteiger partial charge in [0.2, 0.25) is 0 Å². The normalized spacial score (nSPS) is 14.2. The Labute approximate surface area is 171 Å². The van der Waals surface area contributed by atoms with Crippen LogP contribution in [0, 0.1) is 6.92 Å². The summed E-state index contributed by atoms with van der Waals surface area (Å²) in [7, 11) is 1.68. The van der Waals surface area contributed by atoms with Gasteiger partial charge < -0.3 is 24.4 Å². The fourth-order valence-electron chi connectivity index (χ4n) is 3.53. The first-order valence-electron chi connectivity index (χ1n) is 9.95. The van der Waals surface area contributed by atoms with Crippen molar-refractivity contribution in [3.05, 3.63) is 54.2 Å². The van der Waals surface area contributed by atoms with Crippen molar-refractivity contribution in [2.75, 3.05) is 56.8 Å². The molecule has 3 aromatic rings. The zero-order chi connectivity index (χ0) is 20.1. The highest BCUT2D eigenvalue weighted by Crippen LogP contribution is 2.35. The second kappa shape index (κ2) is 9.11. The number of rotatable bonds is 7. The number of hydrogen-bond donors (Lipinski definition) is 1. The zero-order valence-corrected chi connectivity index (χ0v) is 17.0. The molecule has 0 bridgehead atoms. The van der Waals surface area contributed by atoms with Gasteiger partial charge >= 0.3 is 0 Å². The van der Waals surface area contributed by atoms with Gasteiger partial charge in [-0.2, -0.15) is 0 Å². The number of methoxy groups -OCH3 is 1. The van der Waals surface area contributed by atoms with Gasteiger partial charge in [-0.1, -0.05) is 12.1 Å². The highest BCUT2D eigenvalue weighted by atomic mass is 16.5. The van der Waals surface area contributed by atoms with Gasteiger partial charge in [0.25, 0.3) is 0 Å². The molecule has 1 aromatic heterocycles. The van der Waals surface area contributed by atoms with Gasteiger partial charge in [-0.15, -0.1) is 0 Å². The summed E-state index contributed by atoms with van der Waals surface area (Å²) in [5.41, 5.74) is 5.38. The number of aromatic nitrogens is 1. The van der Waals surface area contributed by atoms with Gasteiger partial charge in [-0.3, -0.25) is 4.98 Å². The number of hydrogen-bond acceptors (Lipinski definition) is 6. The van der Waals surface area contributed by atoms with Crippen LogP contribution in [0.1, 0.15) is 5.56 Å². The van der Waals surface area contributed by atoms with Gasteiger partial charge in [0.1, 0.15) is 12.4 Å². The average Bonchev–Trinajstić information content (AvgIpc) is 2.75. The van der Waals surface area contributed by atoms with E-state index in [-0.39, 0.29) is 0 Å². The number of nitrogens with one attached hydrogen (secondary N) is 1. The van der Waals surface area contributed by atoms with Gasteiger partial charge in [0, 0.05) is 43.5 Å². The molecule has 1 aliphatic heterocycles. The van der Waals surface area contributed by atoms with Crippen LogP contribution in [-0.2, 0) is 9.47 Å². The third kappa shape index (κ3) is 4.60. The number of benzene rings is 2. The molecule has 0 spiro atoms. The van der Waals surface area contributed by atoms with Crippen molar-refractivity contribution < 1.29 is 14.2 Å². The summed E-state index contributed by atoms with van der Waals surface area (Å²) in [5, 5.41) is 4.73. The van der Waals surface area contributed by atoms with Crippen molar-refractivity contribution in [1.82, 2.24) is 4.98 Å². The smallest absolute Gasteiger partial charge is 0.121 e. The molecule has 6 heteroatoms. The Morgan fingerprint density at radius 3 is 2.72 bits per heavy atom. The predicted octanol–water partition coefficient (Wildman–Crippen LogP) is 4.15. The Kier molecular flexibility index (Phi) is 6.12. The minimum Gasteiger partial charge on any atom is -0.491 e. The maximum absolute atomic E-state index is 5.85. The Hall–Kier alpha value is -2.83. The van der Waals surface area contributed by atoms with Gasteiger partial charge in [-0.05, 0) is 36.8 Å². The monoisotopic (exact) mass is 393 g/mol. The topological polar surface area (TPSA) is 55.9 Å². The molecule has 0 aliphatic carbocycles. The molecule has 1 fully saturated rings. The standard InChI is InChI=1S/C23H27N3O3/c1-17-3-5-19-20(7-8-24-22(19)15-17)25-21-6-4-18(29-14-13-27-2)16-23(21)26-9-11-28-12-10-26/h3-8,15-16H,9-14H2,1-2H3,(H,24,25). The van der Waals surface area contributed by atoms with E-state index in [0.717, 1.165) is 60.0 Å². The van der Waals surface area contributed by atoms with E-state index in [9.17, 15) is 0 Å². The molecule has 1 saturated heterocycles. The summed E-state index contributed by atoms with van der Waals surface area (Å²) >= 11 is 0. The second-order valence-electron chi connectivity index (χ2n) is 7.12. The highest BCUT2D eigenvalue weighted by Gasteiger charge is 2.17. The van der Waals surface area contributed by atoms with Crippen LogP contribution < -0.4 is 15.0 Å². The molecule has 0 atom stereocenters. The lowest BCUT2D eigenvalue weighted by atomic mass is 10.1. The van der Waals surface area contributed by atoms with E-state index in [1.807, 2.05) is 18.3 Å². The quantitative estimate of drug-likeness (QED) is 0.609. The summed E-state index contributed by atoms with van der Waals surface area (Å²) in [4.78, 5) is 6.85. The van der Waals surface area contributed by atoms with Crippen LogP contribution in [-0.4, -0.2) is 51.6 Å². The fourth-order valence-corrected chi connectivity index (χ4v) is 3.53. The Morgan fingerprint density at radius 1 is 1.03 bits per heavy atom. The molecule has 6 nitrogen and oxygen atoms in total. The third-order valence-corrected chi connectivity index (χ3v) is 5.04. The first-order valence-corrected chi connectivity index (χ1v) is 9.95. The van der Waals surface area contributed by atoms with E-state index in [0.29, 0.717) is 13.2 Å². The molecule has 2 aromatic carbocycles. The van der Waals surface area contributed by atoms with Crippen LogP contribution in [0.4, 0.5) is 17.1 Å². The summed E-state index contributed by atoms with van der Waals surface area (Å²) in [5.74, 6) is 0.837. The van der Waals surface area contributed by atoms with Crippen LogP contribution in [0.3, 0.4) is 0 Å². The van der Waals surface area contributed by atoms with Crippen molar-refractivity contribution in [2.45, 2.75) is 6.92 Å². The summed E-state index contributed by atoms with van der Waals surface area (Å²) < 4.78 is 16.5. The maximum Gasteiger partial charge on any atom is 0.121 e. The number of morpholine rings is 1. The molecular formula is C23H27N3O3. The average molecular weight is 393 g/mol. The van der Waals surface area contributed by atoms with E-state index in [1.54, 1.807) is 7.11 Å². The maximum atomic E-state index is 5.85. The summed E-state index contributed by atoms with van der Waals surface area (Å²) in [6, 6.07) is 14.5. The molecular weight excluding hydrogens is 366 g/mol. The molecule has 4 rings (SSSR count). The van der Waals surface area contributed by atoms with Gasteiger partial charge in [-0.25, -0.2) is 0 Å². The van der Waals surface area contributed by atoms with E-state index in [4.69, 9.17) is 14.2 Å². The third-order valence-electron chi connectivity index (χ3n) is 5.04. The molecule has 0 amide bonds. The molecule has 1 aliphatic rings. The minimum absolute atomic E-state index is 0.528. The Bertz CT molecular complexity index is 971. The Morgan fingerprint density at radius 2 is 1.90 bits per heavy atom. The van der Waals surface area contributed by atoms with E-state index < -0.39 is 0 Å². The number of anilines is 3. The van der Waals surface area contributed by atoms with E-state index in [2.05, 4.69) is 52.5 Å². The van der Waals surface area contributed by atoms with Crippen molar-refractivity contribution in [2.24, 2.45) is 0 Å². The fraction of sp³-hybridized carbons (Fsp3) is 0.348. The number of aryl methyl sites for hydroxylation is 1. The summed E-state index contributed by atoms with van der Waals surface area (Å²) in [6.45, 7) is 6.34. The first kappa shape index (κ1) is 19.5. The van der Waals surface area contributed by atoms with Crippen molar-refractivity contribution in [3.8, 4) is 5.75 Å². The van der Waals surface area contributed by atoms with Gasteiger partial charge in [0.15, 0.2) is 0 Å². The van der Waals surface area contributed by atoms with Crippen LogP contribution in [0.5, 0.6) is 5.75 Å². The van der Waals surface area contributed by atoms with E-state index >= 15 is 0 Å². The number of pyridine rings is 1. The van der Waals surface area contributed by atoms with E-state index in [1.165, 1.54) is 5.56 Å². The van der Waals surface area contributed by atoms with Crippen LogP contribution in [0.15, 0.2) is 48.7 Å². The number of fused-ring (bicyclic) bond motifs is 1. The predicted molar refractivity (Wildman–Crippen MR) is 117 cm³/mol. The molecule has 152 valence electrons. The van der Waals surface area contributed by atoms with Gasteiger partial charge in [0.05, 0.1) is 36.7 Å². The SMILES string of the molecule is COCCOc1ccc(Nc2ccnc3cc(C)ccc23)c(N2CCOCC2)c1. The lowest BCUT2D eigenvalue weighted by Gasteiger charge is -2.31. The second-order valence-corrected chi connectivity index (χ2v) is 7.12. The van der Waals surface area contributed by atoms with Crippen LogP contribution in [0.2, 0.25) is 0 Å². The molecule has 1 N–H and O–H groups in total. The molecule has 0 radical (unpaired) electrons. The van der Waals surface area contributed by atoms with Crippen molar-refractivity contribution in [3.63, 3.8) is 0 Å². The van der Waals surface area contributed by atoms with Crippen LogP contribution >= 0.6 is 0 Å². The highest BCUT2D eigenvalue weighted by molar-refractivity contribution is 5.94. The lowest BCUT2D eigenvalue weighted by Crippen LogP contribution is -2.36. The minimum atomic E-state index is 0.528. The van der Waals surface area contributed by atoms with Crippen molar-refractivity contribution >= 4 is 28.0 Å². The number of ether oxygens (including phenoxy) is 3. The molecule has 2 heterocycles. The summed E-state index contributed by atoms with van der Waals surface area (Å²) in [6.07, 6.45) is 1.85.